The molecule has 1 atom stereocenters. The smallest absolute Gasteiger partial charge is 0.242 e. The number of carbonyl (C=O) groups excluding carboxylic acids is 1. The minimum Gasteiger partial charge on any atom is -0.325 e. The first-order valence-electron chi connectivity index (χ1n) is 9.13. The second-order valence-corrected chi connectivity index (χ2v) is 7.54. The van der Waals surface area contributed by atoms with Gasteiger partial charge < -0.3 is 5.32 Å². The molecular formula is C22H19N5OS. The number of hydrogen-bond acceptors (Lipinski definition) is 5. The first-order chi connectivity index (χ1) is 14.2. The predicted octanol–water partition coefficient (Wildman–Crippen LogP) is 4.44. The van der Waals surface area contributed by atoms with Crippen molar-refractivity contribution in [3.63, 3.8) is 0 Å². The first kappa shape index (κ1) is 18.9. The number of thioether (sulfide) groups is 1. The van der Waals surface area contributed by atoms with E-state index < -0.39 is 5.25 Å². The number of nitrogens with zero attached hydrogens (tertiary/aromatic N) is 4. The number of hydrogen-bond donors (Lipinski definition) is 1. The van der Waals surface area contributed by atoms with E-state index >= 15 is 0 Å². The second kappa shape index (κ2) is 8.70. The van der Waals surface area contributed by atoms with E-state index in [0.717, 1.165) is 22.5 Å². The molecular weight excluding hydrogens is 382 g/mol. The fourth-order valence-electron chi connectivity index (χ4n) is 2.83. The van der Waals surface area contributed by atoms with E-state index in [-0.39, 0.29) is 5.91 Å². The van der Waals surface area contributed by atoms with Gasteiger partial charge in [-0.1, -0.05) is 78.0 Å². The Morgan fingerprint density at radius 3 is 2.28 bits per heavy atom. The molecule has 4 aromatic rings. The highest BCUT2D eigenvalue weighted by atomic mass is 32.2. The van der Waals surface area contributed by atoms with E-state index in [4.69, 9.17) is 0 Å². The number of carbonyl (C=O) groups is 1. The third kappa shape index (κ3) is 4.52. The molecule has 0 aliphatic carbocycles. The fraction of sp³-hybridized carbons (Fsp3) is 0.0909. The summed E-state index contributed by atoms with van der Waals surface area (Å²) in [5.74, 6) is -0.132. The zero-order valence-electron chi connectivity index (χ0n) is 15.8. The molecule has 4 rings (SSSR count). The number of nitrogens with one attached hydrogen (secondary N) is 1. The number of aryl methyl sites for hydroxylation is 1. The van der Waals surface area contributed by atoms with Crippen molar-refractivity contribution < 1.29 is 4.79 Å². The zero-order valence-corrected chi connectivity index (χ0v) is 16.6. The maximum absolute atomic E-state index is 13.2. The Hall–Kier alpha value is -3.45. The highest BCUT2D eigenvalue weighted by Crippen LogP contribution is 2.35. The van der Waals surface area contributed by atoms with Crippen molar-refractivity contribution in [2.45, 2.75) is 17.3 Å². The van der Waals surface area contributed by atoms with Gasteiger partial charge in [-0.15, -0.1) is 5.10 Å². The van der Waals surface area contributed by atoms with Crippen LogP contribution in [0.5, 0.6) is 0 Å². The number of rotatable bonds is 6. The van der Waals surface area contributed by atoms with Gasteiger partial charge in [-0.25, -0.2) is 0 Å². The number of para-hydroxylation sites is 1. The van der Waals surface area contributed by atoms with Crippen molar-refractivity contribution in [2.24, 2.45) is 0 Å². The third-order valence-corrected chi connectivity index (χ3v) is 5.51. The summed E-state index contributed by atoms with van der Waals surface area (Å²) >= 11 is 1.32. The molecule has 7 heteroatoms. The Morgan fingerprint density at radius 1 is 0.931 bits per heavy atom. The molecule has 1 N–H and O–H groups in total. The molecule has 1 aromatic heterocycles. The SMILES string of the molecule is Cc1ccc(NC(=O)[C@@H](Sc2nnnn2-c2ccccc2)c2ccccc2)cc1. The molecule has 3 aromatic carbocycles. The summed E-state index contributed by atoms with van der Waals surface area (Å²) in [6.07, 6.45) is 0. The van der Waals surface area contributed by atoms with Gasteiger partial charge in [0.2, 0.25) is 11.1 Å². The highest BCUT2D eigenvalue weighted by Gasteiger charge is 2.25. The van der Waals surface area contributed by atoms with E-state index in [1.54, 1.807) is 4.68 Å². The Labute approximate surface area is 173 Å². The molecule has 0 aliphatic rings. The molecule has 0 saturated heterocycles. The van der Waals surface area contributed by atoms with Crippen LogP contribution in [0, 0.1) is 6.92 Å². The lowest BCUT2D eigenvalue weighted by atomic mass is 10.1. The van der Waals surface area contributed by atoms with E-state index in [1.807, 2.05) is 91.9 Å². The van der Waals surface area contributed by atoms with Gasteiger partial charge in [0.15, 0.2) is 0 Å². The molecule has 1 heterocycles. The maximum Gasteiger partial charge on any atom is 0.242 e. The van der Waals surface area contributed by atoms with Crippen LogP contribution in [0.4, 0.5) is 5.69 Å². The predicted molar refractivity (Wildman–Crippen MR) is 114 cm³/mol. The van der Waals surface area contributed by atoms with Crippen LogP contribution in [0.15, 0.2) is 90.1 Å². The van der Waals surface area contributed by atoms with Gasteiger partial charge in [0.05, 0.1) is 5.69 Å². The summed E-state index contributed by atoms with van der Waals surface area (Å²) in [7, 11) is 0. The van der Waals surface area contributed by atoms with Crippen LogP contribution in [0.2, 0.25) is 0 Å². The van der Waals surface area contributed by atoms with Crippen LogP contribution in [0.3, 0.4) is 0 Å². The van der Waals surface area contributed by atoms with Gasteiger partial charge in [-0.2, -0.15) is 4.68 Å². The van der Waals surface area contributed by atoms with Crippen LogP contribution in [-0.2, 0) is 4.79 Å². The average molecular weight is 401 g/mol. The van der Waals surface area contributed by atoms with Crippen molar-refractivity contribution in [2.75, 3.05) is 5.32 Å². The highest BCUT2D eigenvalue weighted by molar-refractivity contribution is 8.00. The maximum atomic E-state index is 13.2. The fourth-order valence-corrected chi connectivity index (χ4v) is 3.83. The van der Waals surface area contributed by atoms with Crippen LogP contribution in [0.1, 0.15) is 16.4 Å². The standard InChI is InChI=1S/C22H19N5OS/c1-16-12-14-18(15-13-16)23-21(28)20(17-8-4-2-5-9-17)29-22-24-25-26-27(22)19-10-6-3-7-11-19/h2-15,20H,1H3,(H,23,28)/t20-/m0/s1. The lowest BCUT2D eigenvalue weighted by Gasteiger charge is -2.16. The van der Waals surface area contributed by atoms with E-state index in [9.17, 15) is 4.79 Å². The molecule has 29 heavy (non-hydrogen) atoms. The zero-order chi connectivity index (χ0) is 20.1. The summed E-state index contributed by atoms with van der Waals surface area (Å²) in [5.41, 5.74) is 3.61. The molecule has 0 bridgehead atoms. The van der Waals surface area contributed by atoms with Crippen molar-refractivity contribution in [1.82, 2.24) is 20.2 Å². The molecule has 0 unspecified atom stereocenters. The molecule has 0 radical (unpaired) electrons. The lowest BCUT2D eigenvalue weighted by molar-refractivity contribution is -0.115. The van der Waals surface area contributed by atoms with Crippen LogP contribution < -0.4 is 5.32 Å². The first-order valence-corrected chi connectivity index (χ1v) is 10.0. The molecule has 0 spiro atoms. The number of amides is 1. The molecule has 1 amide bonds. The largest absolute Gasteiger partial charge is 0.325 e. The molecule has 0 saturated carbocycles. The number of benzene rings is 3. The van der Waals surface area contributed by atoms with Crippen molar-refractivity contribution in [1.29, 1.82) is 0 Å². The van der Waals surface area contributed by atoms with Crippen LogP contribution in [0.25, 0.3) is 5.69 Å². The van der Waals surface area contributed by atoms with Crippen LogP contribution in [-0.4, -0.2) is 26.1 Å². The second-order valence-electron chi connectivity index (χ2n) is 6.47. The molecule has 0 fully saturated rings. The topological polar surface area (TPSA) is 72.7 Å². The van der Waals surface area contributed by atoms with E-state index in [1.165, 1.54) is 11.8 Å². The van der Waals surface area contributed by atoms with Gasteiger partial charge in [0, 0.05) is 5.69 Å². The lowest BCUT2D eigenvalue weighted by Crippen LogP contribution is -2.19. The normalized spacial score (nSPS) is 11.8. The Bertz CT molecular complexity index is 1080. The summed E-state index contributed by atoms with van der Waals surface area (Å²) in [6.45, 7) is 2.01. The van der Waals surface area contributed by atoms with E-state index in [0.29, 0.717) is 5.16 Å². The Kier molecular flexibility index (Phi) is 5.67. The van der Waals surface area contributed by atoms with E-state index in [2.05, 4.69) is 20.8 Å². The van der Waals surface area contributed by atoms with Crippen LogP contribution >= 0.6 is 11.8 Å². The Morgan fingerprint density at radius 2 is 1.59 bits per heavy atom. The summed E-state index contributed by atoms with van der Waals surface area (Å²) < 4.78 is 1.64. The minimum atomic E-state index is -0.508. The summed E-state index contributed by atoms with van der Waals surface area (Å²) in [5, 5.41) is 15.1. The minimum absolute atomic E-state index is 0.132. The quantitative estimate of drug-likeness (QED) is 0.484. The summed E-state index contributed by atoms with van der Waals surface area (Å²) in [4.78, 5) is 13.2. The summed E-state index contributed by atoms with van der Waals surface area (Å²) in [6, 6.07) is 27.0. The average Bonchev–Trinajstić information content (AvgIpc) is 3.23. The molecule has 6 nitrogen and oxygen atoms in total. The third-order valence-electron chi connectivity index (χ3n) is 4.32. The van der Waals surface area contributed by atoms with Gasteiger partial charge in [0.1, 0.15) is 5.25 Å². The van der Waals surface area contributed by atoms with Gasteiger partial charge >= 0.3 is 0 Å². The Balaban J connectivity index is 1.63. The van der Waals surface area contributed by atoms with Crippen molar-refractivity contribution in [3.05, 3.63) is 96.1 Å². The molecule has 144 valence electrons. The van der Waals surface area contributed by atoms with Gasteiger partial charge in [-0.3, -0.25) is 4.79 Å². The number of anilines is 1. The van der Waals surface area contributed by atoms with Gasteiger partial charge in [-0.05, 0) is 47.2 Å². The number of tetrazole rings is 1. The van der Waals surface area contributed by atoms with Gasteiger partial charge in [0.25, 0.3) is 0 Å². The number of aromatic nitrogens is 4. The molecule has 0 aliphatic heterocycles. The van der Waals surface area contributed by atoms with Crippen molar-refractivity contribution in [3.8, 4) is 5.69 Å². The monoisotopic (exact) mass is 401 g/mol. The van der Waals surface area contributed by atoms with Crippen molar-refractivity contribution >= 4 is 23.4 Å².